The number of aromatic hydroxyl groups is 1. The predicted molar refractivity (Wildman–Crippen MR) is 76.6 cm³/mol. The first-order valence-corrected chi connectivity index (χ1v) is 6.90. The van der Waals surface area contributed by atoms with Gasteiger partial charge in [-0.3, -0.25) is 4.90 Å². The minimum Gasteiger partial charge on any atom is -0.504 e. The molecule has 1 aromatic carbocycles. The van der Waals surface area contributed by atoms with Gasteiger partial charge in [0.1, 0.15) is 0 Å². The minimum absolute atomic E-state index is 0.199. The molecule has 2 N–H and O–H groups in total. The monoisotopic (exact) mass is 264 g/mol. The number of methoxy groups -OCH3 is 1. The van der Waals surface area contributed by atoms with Gasteiger partial charge in [-0.1, -0.05) is 6.07 Å². The van der Waals surface area contributed by atoms with E-state index in [0.29, 0.717) is 11.8 Å². The average Bonchev–Trinajstić information content (AvgIpc) is 3.22. The molecular weight excluding hydrogens is 240 g/mol. The molecule has 1 aliphatic carbocycles. The second-order valence-electron chi connectivity index (χ2n) is 5.38. The maximum absolute atomic E-state index is 9.71. The van der Waals surface area contributed by atoms with Gasteiger partial charge in [-0.15, -0.1) is 0 Å². The van der Waals surface area contributed by atoms with Gasteiger partial charge in [-0.25, -0.2) is 0 Å². The van der Waals surface area contributed by atoms with E-state index >= 15 is 0 Å². The van der Waals surface area contributed by atoms with Gasteiger partial charge in [-0.2, -0.15) is 0 Å². The van der Waals surface area contributed by atoms with Gasteiger partial charge >= 0.3 is 0 Å². The topological polar surface area (TPSA) is 44.7 Å². The minimum atomic E-state index is 0.199. The third kappa shape index (κ3) is 3.85. The first-order valence-electron chi connectivity index (χ1n) is 6.90. The summed E-state index contributed by atoms with van der Waals surface area (Å²) in [4.78, 5) is 2.44. The summed E-state index contributed by atoms with van der Waals surface area (Å²) >= 11 is 0. The van der Waals surface area contributed by atoms with Gasteiger partial charge in [0, 0.05) is 25.2 Å². The Hall–Kier alpha value is -1.26. The lowest BCUT2D eigenvalue weighted by molar-refractivity contribution is 0.241. The molecule has 106 valence electrons. The number of phenolic OH excluding ortho intramolecular Hbond substituents is 1. The summed E-state index contributed by atoms with van der Waals surface area (Å²) in [5.41, 5.74) is 1.07. The Kier molecular flexibility index (Phi) is 4.66. The van der Waals surface area contributed by atoms with Crippen LogP contribution in [0.3, 0.4) is 0 Å². The van der Waals surface area contributed by atoms with Crippen molar-refractivity contribution >= 4 is 0 Å². The highest BCUT2D eigenvalue weighted by molar-refractivity contribution is 5.41. The molecular formula is C15H24N2O2. The van der Waals surface area contributed by atoms with E-state index in [1.807, 2.05) is 6.07 Å². The predicted octanol–water partition coefficient (Wildman–Crippen LogP) is 1.97. The van der Waals surface area contributed by atoms with Gasteiger partial charge < -0.3 is 15.2 Å². The molecule has 0 aliphatic heterocycles. The van der Waals surface area contributed by atoms with Gasteiger partial charge in [-0.05, 0) is 44.5 Å². The number of ether oxygens (including phenoxy) is 1. The zero-order valence-electron chi connectivity index (χ0n) is 12.0. The lowest BCUT2D eigenvalue weighted by Gasteiger charge is -2.24. The van der Waals surface area contributed by atoms with Crippen LogP contribution in [-0.4, -0.2) is 42.8 Å². The lowest BCUT2D eigenvalue weighted by atomic mass is 10.2. The number of hydrogen-bond acceptors (Lipinski definition) is 4. The lowest BCUT2D eigenvalue weighted by Crippen LogP contribution is -2.38. The Morgan fingerprint density at radius 1 is 1.47 bits per heavy atom. The number of nitrogens with one attached hydrogen (secondary N) is 1. The second kappa shape index (κ2) is 6.26. The number of hydrogen-bond donors (Lipinski definition) is 2. The third-order valence-corrected chi connectivity index (χ3v) is 3.83. The van der Waals surface area contributed by atoms with Crippen LogP contribution >= 0.6 is 0 Å². The second-order valence-corrected chi connectivity index (χ2v) is 5.38. The van der Waals surface area contributed by atoms with Crippen LogP contribution < -0.4 is 10.1 Å². The Labute approximate surface area is 115 Å². The van der Waals surface area contributed by atoms with Crippen molar-refractivity contribution in [3.8, 4) is 11.5 Å². The zero-order valence-corrected chi connectivity index (χ0v) is 12.0. The molecule has 19 heavy (non-hydrogen) atoms. The number of benzene rings is 1. The van der Waals surface area contributed by atoms with E-state index in [2.05, 4.69) is 24.2 Å². The number of nitrogens with zero attached hydrogens (tertiary/aromatic N) is 1. The summed E-state index contributed by atoms with van der Waals surface area (Å²) in [6.07, 6.45) is 2.68. The van der Waals surface area contributed by atoms with E-state index in [9.17, 15) is 5.11 Å². The molecule has 0 radical (unpaired) electrons. The first-order chi connectivity index (χ1) is 9.11. The largest absolute Gasteiger partial charge is 0.504 e. The Morgan fingerprint density at radius 2 is 2.21 bits per heavy atom. The Morgan fingerprint density at radius 3 is 2.79 bits per heavy atom. The summed E-state index contributed by atoms with van der Waals surface area (Å²) in [6, 6.07) is 6.86. The molecule has 0 bridgehead atoms. The molecule has 1 atom stereocenters. The fourth-order valence-corrected chi connectivity index (χ4v) is 2.26. The van der Waals surface area contributed by atoms with Crippen molar-refractivity contribution in [1.82, 2.24) is 10.2 Å². The maximum atomic E-state index is 9.71. The van der Waals surface area contributed by atoms with Crippen LogP contribution in [0.25, 0.3) is 0 Å². The molecule has 0 spiro atoms. The molecule has 0 aromatic heterocycles. The van der Waals surface area contributed by atoms with E-state index in [1.54, 1.807) is 19.2 Å². The van der Waals surface area contributed by atoms with Crippen LogP contribution in [0.15, 0.2) is 18.2 Å². The molecule has 4 nitrogen and oxygen atoms in total. The van der Waals surface area contributed by atoms with E-state index < -0.39 is 0 Å². The van der Waals surface area contributed by atoms with Crippen molar-refractivity contribution < 1.29 is 9.84 Å². The van der Waals surface area contributed by atoms with E-state index in [4.69, 9.17) is 4.74 Å². The van der Waals surface area contributed by atoms with Crippen molar-refractivity contribution in [3.05, 3.63) is 23.8 Å². The molecule has 1 aliphatic rings. The van der Waals surface area contributed by atoms with Crippen LogP contribution in [0.2, 0.25) is 0 Å². The maximum Gasteiger partial charge on any atom is 0.160 e. The van der Waals surface area contributed by atoms with Crippen LogP contribution in [0.5, 0.6) is 11.5 Å². The third-order valence-electron chi connectivity index (χ3n) is 3.83. The molecule has 4 heteroatoms. The Balaban J connectivity index is 1.77. The van der Waals surface area contributed by atoms with Gasteiger partial charge in [0.25, 0.3) is 0 Å². The highest BCUT2D eigenvalue weighted by Crippen LogP contribution is 2.27. The van der Waals surface area contributed by atoms with Crippen molar-refractivity contribution in [2.45, 2.75) is 38.4 Å². The van der Waals surface area contributed by atoms with Gasteiger partial charge in [0.15, 0.2) is 11.5 Å². The van der Waals surface area contributed by atoms with Crippen molar-refractivity contribution in [3.63, 3.8) is 0 Å². The summed E-state index contributed by atoms with van der Waals surface area (Å²) in [5, 5.41) is 13.1. The summed E-state index contributed by atoms with van der Waals surface area (Å²) < 4.78 is 5.03. The van der Waals surface area contributed by atoms with Crippen molar-refractivity contribution in [1.29, 1.82) is 0 Å². The number of phenols is 1. The van der Waals surface area contributed by atoms with E-state index in [-0.39, 0.29) is 5.75 Å². The highest BCUT2D eigenvalue weighted by Gasteiger charge is 2.28. The average molecular weight is 264 g/mol. The van der Waals surface area contributed by atoms with Gasteiger partial charge in [0.2, 0.25) is 0 Å². The molecule has 1 aromatic rings. The van der Waals surface area contributed by atoms with Crippen LogP contribution in [0.4, 0.5) is 0 Å². The smallest absolute Gasteiger partial charge is 0.160 e. The summed E-state index contributed by atoms with van der Waals surface area (Å²) in [7, 11) is 3.76. The molecule has 0 saturated heterocycles. The Bertz CT molecular complexity index is 419. The molecule has 2 rings (SSSR count). The van der Waals surface area contributed by atoms with E-state index in [1.165, 1.54) is 12.8 Å². The first kappa shape index (κ1) is 14.2. The SMILES string of the molecule is COc1ccc(CNCC(C)N(C)C2CC2)cc1O. The van der Waals surface area contributed by atoms with Crippen LogP contribution in [-0.2, 0) is 6.54 Å². The summed E-state index contributed by atoms with van der Waals surface area (Å²) in [6.45, 7) is 3.97. The molecule has 1 unspecified atom stereocenters. The molecule has 1 saturated carbocycles. The van der Waals surface area contributed by atoms with Crippen molar-refractivity contribution in [2.24, 2.45) is 0 Å². The van der Waals surface area contributed by atoms with Crippen LogP contribution in [0.1, 0.15) is 25.3 Å². The number of rotatable bonds is 7. The quantitative estimate of drug-likeness (QED) is 0.790. The molecule has 0 amide bonds. The van der Waals surface area contributed by atoms with Crippen LogP contribution in [0, 0.1) is 0 Å². The fraction of sp³-hybridized carbons (Fsp3) is 0.600. The van der Waals surface area contributed by atoms with E-state index in [0.717, 1.165) is 24.7 Å². The van der Waals surface area contributed by atoms with Gasteiger partial charge in [0.05, 0.1) is 7.11 Å². The zero-order chi connectivity index (χ0) is 13.8. The standard InChI is InChI=1S/C15H24N2O2/c1-11(17(2)13-5-6-13)9-16-10-12-4-7-15(19-3)14(18)8-12/h4,7-8,11,13,16,18H,5-6,9-10H2,1-3H3. The summed E-state index contributed by atoms with van der Waals surface area (Å²) in [5.74, 6) is 0.718. The molecule has 1 fully saturated rings. The highest BCUT2D eigenvalue weighted by atomic mass is 16.5. The normalized spacial score (nSPS) is 16.6. The number of likely N-dealkylation sites (N-methyl/N-ethyl adjacent to an activating group) is 1. The van der Waals surface area contributed by atoms with Crippen molar-refractivity contribution in [2.75, 3.05) is 20.7 Å². The molecule has 0 heterocycles. The fourth-order valence-electron chi connectivity index (χ4n) is 2.26.